The van der Waals surface area contributed by atoms with Gasteiger partial charge in [-0.3, -0.25) is 0 Å². The van der Waals surface area contributed by atoms with E-state index in [0.29, 0.717) is 17.3 Å². The van der Waals surface area contributed by atoms with Gasteiger partial charge in [0.2, 0.25) is 0 Å². The fourth-order valence-electron chi connectivity index (χ4n) is 4.77. The van der Waals surface area contributed by atoms with Gasteiger partial charge < -0.3 is 13.7 Å². The lowest BCUT2D eigenvalue weighted by molar-refractivity contribution is 0.254. The van der Waals surface area contributed by atoms with Crippen LogP contribution in [0.25, 0.3) is 0 Å². The van der Waals surface area contributed by atoms with E-state index >= 15 is 0 Å². The molecule has 0 spiro atoms. The number of hydrogen-bond acceptors (Lipinski definition) is 3. The van der Waals surface area contributed by atoms with Crippen LogP contribution in [0.15, 0.2) is 27.4 Å². The molecular formula is C20H27NO2. The lowest BCUT2D eigenvalue weighted by Gasteiger charge is -2.34. The predicted octanol–water partition coefficient (Wildman–Crippen LogP) is 4.72. The normalized spacial score (nSPS) is 26.8. The van der Waals surface area contributed by atoms with Crippen molar-refractivity contribution in [2.24, 2.45) is 5.41 Å². The monoisotopic (exact) mass is 313 g/mol. The van der Waals surface area contributed by atoms with Gasteiger partial charge in [-0.2, -0.15) is 0 Å². The van der Waals surface area contributed by atoms with Gasteiger partial charge in [-0.1, -0.05) is 20.8 Å². The van der Waals surface area contributed by atoms with E-state index in [9.17, 15) is 0 Å². The Hall–Kier alpha value is -1.48. The number of rotatable bonds is 2. The number of fused-ring (bicyclic) bond motifs is 2. The van der Waals surface area contributed by atoms with Gasteiger partial charge in [-0.15, -0.1) is 0 Å². The minimum absolute atomic E-state index is 0.365. The van der Waals surface area contributed by atoms with E-state index < -0.39 is 0 Å². The van der Waals surface area contributed by atoms with Crippen molar-refractivity contribution in [3.63, 3.8) is 0 Å². The van der Waals surface area contributed by atoms with E-state index in [0.717, 1.165) is 25.9 Å². The fraction of sp³-hybridized carbons (Fsp3) is 0.600. The Kier molecular flexibility index (Phi) is 3.45. The maximum atomic E-state index is 5.99. The second kappa shape index (κ2) is 5.27. The Balaban J connectivity index is 1.64. The summed E-state index contributed by atoms with van der Waals surface area (Å²) in [5.41, 5.74) is 4.57. The van der Waals surface area contributed by atoms with E-state index in [1.165, 1.54) is 34.6 Å². The highest BCUT2D eigenvalue weighted by Gasteiger charge is 2.35. The van der Waals surface area contributed by atoms with Crippen molar-refractivity contribution in [1.29, 1.82) is 0 Å². The van der Waals surface area contributed by atoms with Crippen LogP contribution in [-0.2, 0) is 19.4 Å². The third-order valence-corrected chi connectivity index (χ3v) is 5.57. The summed E-state index contributed by atoms with van der Waals surface area (Å²) in [6.45, 7) is 9.10. The number of furan rings is 2. The molecule has 0 amide bonds. The topological polar surface area (TPSA) is 29.5 Å². The molecule has 0 bridgehead atoms. The minimum atomic E-state index is 0.365. The van der Waals surface area contributed by atoms with Gasteiger partial charge >= 0.3 is 0 Å². The van der Waals surface area contributed by atoms with Crippen molar-refractivity contribution in [3.8, 4) is 0 Å². The third-order valence-electron chi connectivity index (χ3n) is 5.57. The summed E-state index contributed by atoms with van der Waals surface area (Å²) in [4.78, 5) is 2.39. The summed E-state index contributed by atoms with van der Waals surface area (Å²) >= 11 is 0. The molecule has 0 N–H and O–H groups in total. The molecule has 0 saturated heterocycles. The van der Waals surface area contributed by atoms with E-state index in [4.69, 9.17) is 8.83 Å². The van der Waals surface area contributed by atoms with Crippen molar-refractivity contribution in [2.45, 2.75) is 58.4 Å². The van der Waals surface area contributed by atoms with Crippen LogP contribution in [-0.4, -0.2) is 18.5 Å². The van der Waals surface area contributed by atoms with Gasteiger partial charge in [0, 0.05) is 30.5 Å². The summed E-state index contributed by atoms with van der Waals surface area (Å²) in [6, 6.07) is 2.12. The highest BCUT2D eigenvalue weighted by molar-refractivity contribution is 5.36. The zero-order valence-corrected chi connectivity index (χ0v) is 14.7. The van der Waals surface area contributed by atoms with Crippen LogP contribution in [0.2, 0.25) is 0 Å². The molecule has 0 aromatic carbocycles. The molecule has 3 heterocycles. The quantitative estimate of drug-likeness (QED) is 0.803. The lowest BCUT2D eigenvalue weighted by atomic mass is 9.71. The summed E-state index contributed by atoms with van der Waals surface area (Å²) in [5, 5.41) is 0. The van der Waals surface area contributed by atoms with Crippen LogP contribution >= 0.6 is 0 Å². The Morgan fingerprint density at radius 3 is 2.91 bits per heavy atom. The molecule has 0 fully saturated rings. The largest absolute Gasteiger partial charge is 0.469 e. The Bertz CT molecular complexity index is 709. The van der Waals surface area contributed by atoms with Gasteiger partial charge in [-0.25, -0.2) is 0 Å². The van der Waals surface area contributed by atoms with Crippen LogP contribution in [0, 0.1) is 5.41 Å². The van der Waals surface area contributed by atoms with Crippen LogP contribution in [0.4, 0.5) is 0 Å². The van der Waals surface area contributed by atoms with Crippen LogP contribution in [0.5, 0.6) is 0 Å². The molecule has 3 heteroatoms. The van der Waals surface area contributed by atoms with Crippen molar-refractivity contribution in [3.05, 3.63) is 46.8 Å². The standard InChI is InChI=1S/C20H27NO2/c1-13-8-20(2,3)9-17-16(12-23-18(13)17)7-15-11-21(4)10-14-5-6-22-19(14)15/h5-6,12-13,15H,7-11H2,1-4H3/t13-,15?/m1/s1. The first kappa shape index (κ1) is 15.1. The minimum Gasteiger partial charge on any atom is -0.469 e. The molecule has 124 valence electrons. The summed E-state index contributed by atoms with van der Waals surface area (Å²) in [7, 11) is 2.19. The maximum absolute atomic E-state index is 5.99. The van der Waals surface area contributed by atoms with Crippen molar-refractivity contribution < 1.29 is 8.83 Å². The molecular weight excluding hydrogens is 286 g/mol. The first-order valence-electron chi connectivity index (χ1n) is 8.77. The molecule has 1 unspecified atom stereocenters. The molecule has 1 aliphatic carbocycles. The van der Waals surface area contributed by atoms with Crippen LogP contribution in [0.1, 0.15) is 67.2 Å². The molecule has 0 saturated carbocycles. The van der Waals surface area contributed by atoms with Crippen molar-refractivity contribution in [1.82, 2.24) is 4.90 Å². The molecule has 2 aliphatic rings. The highest BCUT2D eigenvalue weighted by Crippen LogP contribution is 2.44. The SMILES string of the molecule is C[C@@H]1CC(C)(C)Cc2c(CC3CN(C)Cc4ccoc43)coc21. The van der Waals surface area contributed by atoms with E-state index in [1.807, 2.05) is 12.5 Å². The zero-order valence-electron chi connectivity index (χ0n) is 14.7. The predicted molar refractivity (Wildman–Crippen MR) is 90.7 cm³/mol. The molecule has 0 radical (unpaired) electrons. The van der Waals surface area contributed by atoms with E-state index in [-0.39, 0.29) is 0 Å². The number of hydrogen-bond donors (Lipinski definition) is 0. The number of nitrogens with zero attached hydrogens (tertiary/aromatic N) is 1. The lowest BCUT2D eigenvalue weighted by Crippen LogP contribution is -2.31. The Labute approximate surface area is 138 Å². The molecule has 3 nitrogen and oxygen atoms in total. The summed E-state index contributed by atoms with van der Waals surface area (Å²) < 4.78 is 11.8. The summed E-state index contributed by atoms with van der Waals surface area (Å²) in [5.74, 6) is 3.36. The Morgan fingerprint density at radius 1 is 1.26 bits per heavy atom. The molecule has 23 heavy (non-hydrogen) atoms. The Morgan fingerprint density at radius 2 is 2.09 bits per heavy atom. The second-order valence-electron chi connectivity index (χ2n) is 8.46. The second-order valence-corrected chi connectivity index (χ2v) is 8.46. The first-order chi connectivity index (χ1) is 10.9. The fourth-order valence-corrected chi connectivity index (χ4v) is 4.77. The zero-order chi connectivity index (χ0) is 16.2. The first-order valence-corrected chi connectivity index (χ1v) is 8.77. The maximum Gasteiger partial charge on any atom is 0.112 e. The highest BCUT2D eigenvalue weighted by atomic mass is 16.3. The van der Waals surface area contributed by atoms with E-state index in [2.05, 4.69) is 38.8 Å². The summed E-state index contributed by atoms with van der Waals surface area (Å²) in [6.07, 6.45) is 7.21. The molecule has 4 rings (SSSR count). The van der Waals surface area contributed by atoms with Crippen LogP contribution in [0.3, 0.4) is 0 Å². The van der Waals surface area contributed by atoms with Gasteiger partial charge in [0.25, 0.3) is 0 Å². The van der Waals surface area contributed by atoms with Gasteiger partial charge in [0.1, 0.15) is 11.5 Å². The average Bonchev–Trinajstić information content (AvgIpc) is 3.05. The smallest absolute Gasteiger partial charge is 0.112 e. The number of likely N-dealkylation sites (N-methyl/N-ethyl adjacent to an activating group) is 1. The molecule has 2 aromatic rings. The molecule has 2 aromatic heterocycles. The van der Waals surface area contributed by atoms with Crippen molar-refractivity contribution in [2.75, 3.05) is 13.6 Å². The van der Waals surface area contributed by atoms with E-state index in [1.54, 1.807) is 0 Å². The van der Waals surface area contributed by atoms with Crippen LogP contribution < -0.4 is 0 Å². The van der Waals surface area contributed by atoms with Gasteiger partial charge in [-0.05, 0) is 48.9 Å². The third kappa shape index (κ3) is 2.65. The average molecular weight is 313 g/mol. The molecule has 1 aliphatic heterocycles. The molecule has 2 atom stereocenters. The van der Waals surface area contributed by atoms with Crippen molar-refractivity contribution >= 4 is 0 Å². The van der Waals surface area contributed by atoms with Gasteiger partial charge in [0.05, 0.1) is 12.5 Å². The van der Waals surface area contributed by atoms with Gasteiger partial charge in [0.15, 0.2) is 0 Å².